The van der Waals surface area contributed by atoms with Crippen molar-refractivity contribution < 1.29 is 19.4 Å². The number of carboxylic acid groups (broad SMARTS) is 1. The van der Waals surface area contributed by atoms with Gasteiger partial charge in [0.15, 0.2) is 5.54 Å². The molecule has 0 bridgehead atoms. The predicted molar refractivity (Wildman–Crippen MR) is 83.9 cm³/mol. The van der Waals surface area contributed by atoms with Gasteiger partial charge in [-0.25, -0.2) is 9.59 Å². The van der Waals surface area contributed by atoms with Crippen LogP contribution in [-0.2, 0) is 16.1 Å². The van der Waals surface area contributed by atoms with Crippen molar-refractivity contribution in [2.75, 3.05) is 13.1 Å². The monoisotopic (exact) mass is 326 g/mol. The zero-order valence-electron chi connectivity index (χ0n) is 13.1. The Balaban J connectivity index is 2.01. The second-order valence-electron chi connectivity index (χ2n) is 6.55. The summed E-state index contributed by atoms with van der Waals surface area (Å²) in [5.74, 6) is -1.02. The maximum Gasteiger partial charge on any atom is 0.408 e. The minimum absolute atomic E-state index is 0.277. The number of carbonyl (C=O) groups excluding carboxylic acids is 1. The molecule has 122 valence electrons. The second-order valence-corrected chi connectivity index (χ2v) is 7.59. The highest BCUT2D eigenvalue weighted by Gasteiger charge is 2.46. The van der Waals surface area contributed by atoms with Gasteiger partial charge in [0, 0.05) is 24.5 Å². The molecule has 2 heterocycles. The van der Waals surface area contributed by atoms with Crippen molar-refractivity contribution >= 4 is 23.4 Å². The van der Waals surface area contributed by atoms with E-state index < -0.39 is 23.2 Å². The summed E-state index contributed by atoms with van der Waals surface area (Å²) < 4.78 is 5.19. The molecule has 1 unspecified atom stereocenters. The summed E-state index contributed by atoms with van der Waals surface area (Å²) in [5.41, 5.74) is -1.93. The zero-order valence-corrected chi connectivity index (χ0v) is 13.9. The van der Waals surface area contributed by atoms with Crippen LogP contribution in [-0.4, -0.2) is 46.3 Å². The number of hydrogen-bond acceptors (Lipinski definition) is 5. The van der Waals surface area contributed by atoms with Gasteiger partial charge in [0.1, 0.15) is 5.60 Å². The molecule has 2 rings (SSSR count). The number of likely N-dealkylation sites (tertiary alicyclic amines) is 1. The molecule has 7 heteroatoms. The molecule has 6 nitrogen and oxygen atoms in total. The first-order valence-electron chi connectivity index (χ1n) is 7.19. The highest BCUT2D eigenvalue weighted by Crippen LogP contribution is 2.25. The third-order valence-corrected chi connectivity index (χ3v) is 4.32. The minimum Gasteiger partial charge on any atom is -0.479 e. The summed E-state index contributed by atoms with van der Waals surface area (Å²) in [6.45, 7) is 6.84. The number of aliphatic carboxylic acids is 1. The number of hydrogen-bond donors (Lipinski definition) is 2. The molecule has 2 N–H and O–H groups in total. The first kappa shape index (κ1) is 16.8. The minimum atomic E-state index is -1.28. The van der Waals surface area contributed by atoms with Crippen LogP contribution in [0, 0.1) is 0 Å². The Labute approximate surface area is 134 Å². The van der Waals surface area contributed by atoms with Crippen LogP contribution in [0.1, 0.15) is 32.1 Å². The molecule has 1 aromatic rings. The maximum atomic E-state index is 11.9. The Kier molecular flexibility index (Phi) is 4.77. The van der Waals surface area contributed by atoms with Gasteiger partial charge in [-0.15, -0.1) is 11.3 Å². The lowest BCUT2D eigenvalue weighted by molar-refractivity contribution is -0.144. The van der Waals surface area contributed by atoms with E-state index in [4.69, 9.17) is 4.74 Å². The molecule has 1 fully saturated rings. The topological polar surface area (TPSA) is 78.9 Å². The van der Waals surface area contributed by atoms with Crippen LogP contribution in [0.25, 0.3) is 0 Å². The predicted octanol–water partition coefficient (Wildman–Crippen LogP) is 2.30. The lowest BCUT2D eigenvalue weighted by Gasteiger charge is -2.28. The van der Waals surface area contributed by atoms with Crippen molar-refractivity contribution in [1.29, 1.82) is 0 Å². The van der Waals surface area contributed by atoms with E-state index in [-0.39, 0.29) is 6.54 Å². The van der Waals surface area contributed by atoms with Gasteiger partial charge < -0.3 is 15.2 Å². The number of alkyl carbamates (subject to hydrolysis) is 1. The summed E-state index contributed by atoms with van der Waals surface area (Å²) in [5, 5.41) is 14.1. The Morgan fingerprint density at radius 2 is 2.23 bits per heavy atom. The first-order chi connectivity index (χ1) is 10.2. The van der Waals surface area contributed by atoms with E-state index >= 15 is 0 Å². The molecule has 0 saturated carbocycles. The maximum absolute atomic E-state index is 11.9. The summed E-state index contributed by atoms with van der Waals surface area (Å²) >= 11 is 1.64. The van der Waals surface area contributed by atoms with Crippen LogP contribution >= 0.6 is 11.3 Å². The van der Waals surface area contributed by atoms with Gasteiger partial charge in [-0.2, -0.15) is 0 Å². The van der Waals surface area contributed by atoms with E-state index in [1.807, 2.05) is 22.4 Å². The van der Waals surface area contributed by atoms with E-state index in [0.717, 1.165) is 0 Å². The van der Waals surface area contributed by atoms with E-state index in [0.29, 0.717) is 19.5 Å². The zero-order chi connectivity index (χ0) is 16.4. The summed E-state index contributed by atoms with van der Waals surface area (Å²) in [7, 11) is 0. The normalized spacial score (nSPS) is 22.5. The molecule has 0 radical (unpaired) electrons. The molecular formula is C15H22N2O4S. The van der Waals surface area contributed by atoms with Crippen LogP contribution in [0.3, 0.4) is 0 Å². The Morgan fingerprint density at radius 3 is 2.77 bits per heavy atom. The Bertz CT molecular complexity index is 538. The van der Waals surface area contributed by atoms with Crippen LogP contribution in [0.2, 0.25) is 0 Å². The van der Waals surface area contributed by atoms with Crippen LogP contribution in [0.5, 0.6) is 0 Å². The van der Waals surface area contributed by atoms with Gasteiger partial charge in [0.25, 0.3) is 0 Å². The van der Waals surface area contributed by atoms with Gasteiger partial charge in [0.05, 0.1) is 0 Å². The molecule has 1 aliphatic heterocycles. The quantitative estimate of drug-likeness (QED) is 0.887. The Hall–Kier alpha value is -1.60. The summed E-state index contributed by atoms with van der Waals surface area (Å²) in [4.78, 5) is 26.8. The molecule has 0 spiro atoms. The van der Waals surface area contributed by atoms with Gasteiger partial charge in [0.2, 0.25) is 0 Å². The fraction of sp³-hybridized carbons (Fsp3) is 0.600. The molecule has 1 aromatic heterocycles. The van der Waals surface area contributed by atoms with E-state index in [1.54, 1.807) is 32.1 Å². The average Bonchev–Trinajstić information content (AvgIpc) is 2.98. The largest absolute Gasteiger partial charge is 0.479 e. The van der Waals surface area contributed by atoms with Crippen molar-refractivity contribution in [2.45, 2.75) is 44.9 Å². The molecule has 22 heavy (non-hydrogen) atoms. The number of amides is 1. The summed E-state index contributed by atoms with van der Waals surface area (Å²) in [6.07, 6.45) is -0.319. The molecule has 1 amide bonds. The van der Waals surface area contributed by atoms with Crippen molar-refractivity contribution in [3.05, 3.63) is 22.4 Å². The number of nitrogens with one attached hydrogen (secondary N) is 1. The van der Waals surface area contributed by atoms with Crippen LogP contribution in [0.4, 0.5) is 4.79 Å². The lowest BCUT2D eigenvalue weighted by Crippen LogP contribution is -2.57. The fourth-order valence-corrected chi connectivity index (χ4v) is 3.22. The highest BCUT2D eigenvalue weighted by molar-refractivity contribution is 7.09. The van der Waals surface area contributed by atoms with Crippen molar-refractivity contribution in [1.82, 2.24) is 10.2 Å². The van der Waals surface area contributed by atoms with Gasteiger partial charge >= 0.3 is 12.1 Å². The van der Waals surface area contributed by atoms with Crippen LogP contribution < -0.4 is 5.32 Å². The molecule has 0 aromatic carbocycles. The lowest BCUT2D eigenvalue weighted by atomic mass is 9.99. The fourth-order valence-electron chi connectivity index (χ4n) is 2.48. The second kappa shape index (κ2) is 6.26. The molecule has 1 aliphatic rings. The number of rotatable bonds is 4. The average molecular weight is 326 g/mol. The van der Waals surface area contributed by atoms with E-state index in [1.165, 1.54) is 4.88 Å². The Morgan fingerprint density at radius 1 is 1.50 bits per heavy atom. The molecular weight excluding hydrogens is 304 g/mol. The number of ether oxygens (including phenoxy) is 1. The van der Waals surface area contributed by atoms with Crippen molar-refractivity contribution in [2.24, 2.45) is 0 Å². The third kappa shape index (κ3) is 4.20. The highest BCUT2D eigenvalue weighted by atomic mass is 32.1. The molecule has 1 saturated heterocycles. The summed E-state index contributed by atoms with van der Waals surface area (Å²) in [6, 6.07) is 3.99. The number of carboxylic acids is 1. The van der Waals surface area contributed by atoms with Crippen molar-refractivity contribution in [3.63, 3.8) is 0 Å². The van der Waals surface area contributed by atoms with E-state index in [9.17, 15) is 14.7 Å². The SMILES string of the molecule is CC(C)(C)OC(=O)NC1(C(=O)O)CCN(Cc2cccs2)C1. The molecule has 0 aliphatic carbocycles. The van der Waals surface area contributed by atoms with Crippen LogP contribution in [0.15, 0.2) is 17.5 Å². The third-order valence-electron chi connectivity index (χ3n) is 3.46. The number of carbonyl (C=O) groups is 2. The number of nitrogens with zero attached hydrogens (tertiary/aromatic N) is 1. The first-order valence-corrected chi connectivity index (χ1v) is 8.07. The van der Waals surface area contributed by atoms with Gasteiger partial charge in [-0.05, 0) is 38.6 Å². The van der Waals surface area contributed by atoms with E-state index in [2.05, 4.69) is 5.32 Å². The number of thiophene rings is 1. The van der Waals surface area contributed by atoms with Gasteiger partial charge in [-0.1, -0.05) is 6.07 Å². The smallest absolute Gasteiger partial charge is 0.408 e. The van der Waals surface area contributed by atoms with Gasteiger partial charge in [-0.3, -0.25) is 4.90 Å². The standard InChI is InChI=1S/C15H22N2O4S/c1-14(2,3)21-13(20)16-15(12(18)19)6-7-17(10-15)9-11-5-4-8-22-11/h4-5,8H,6-7,9-10H2,1-3H3,(H,16,20)(H,18,19). The van der Waals surface area contributed by atoms with Crippen molar-refractivity contribution in [3.8, 4) is 0 Å². The molecule has 1 atom stereocenters.